The number of ketones is 2. The van der Waals surface area contributed by atoms with Crippen LogP contribution in [0.5, 0.6) is 0 Å². The zero-order valence-electron chi connectivity index (χ0n) is 30.5. The molecule has 4 aromatic rings. The Bertz CT molecular complexity index is 2480. The van der Waals surface area contributed by atoms with Gasteiger partial charge in [0, 0.05) is 47.7 Å². The fourth-order valence-electron chi connectivity index (χ4n) is 5.49. The van der Waals surface area contributed by atoms with Gasteiger partial charge in [0.1, 0.15) is 31.7 Å². The second kappa shape index (κ2) is 18.2. The second-order valence-electron chi connectivity index (χ2n) is 12.0. The molecule has 0 atom stereocenters. The smallest absolute Gasteiger partial charge is 0.744 e. The van der Waals surface area contributed by atoms with Crippen LogP contribution in [0.3, 0.4) is 0 Å². The van der Waals surface area contributed by atoms with Crippen molar-refractivity contribution in [2.24, 2.45) is 10.2 Å². The summed E-state index contributed by atoms with van der Waals surface area (Å²) in [7, 11) is -10.4. The van der Waals surface area contributed by atoms with Gasteiger partial charge in [0.15, 0.2) is 0 Å². The maximum absolute atomic E-state index is 13.4. The zero-order valence-corrected chi connectivity index (χ0v) is 36.2. The van der Waals surface area contributed by atoms with Gasteiger partial charge in [0.2, 0.25) is 23.4 Å². The summed E-state index contributed by atoms with van der Waals surface area (Å²) in [4.78, 5) is 47.6. The van der Waals surface area contributed by atoms with Gasteiger partial charge in [-0.3, -0.25) is 30.0 Å². The molecule has 57 heavy (non-hydrogen) atoms. The van der Waals surface area contributed by atoms with Gasteiger partial charge in [0.25, 0.3) is 0 Å². The van der Waals surface area contributed by atoms with E-state index in [2.05, 4.69) is 37.0 Å². The van der Waals surface area contributed by atoms with Crippen molar-refractivity contribution in [3.8, 4) is 0 Å². The molecule has 280 valence electrons. The summed E-state index contributed by atoms with van der Waals surface area (Å²) in [5.74, 6) is -2.27. The third kappa shape index (κ3) is 10.8. The van der Waals surface area contributed by atoms with E-state index in [1.165, 1.54) is 74.5 Å². The van der Waals surface area contributed by atoms with E-state index in [0.29, 0.717) is 34.1 Å². The van der Waals surface area contributed by atoms with E-state index in [1.54, 1.807) is 24.3 Å². The van der Waals surface area contributed by atoms with Gasteiger partial charge < -0.3 is 25.1 Å². The molecule has 0 saturated heterocycles. The number of hydrogen-bond acceptors (Lipinski definition) is 15. The van der Waals surface area contributed by atoms with E-state index >= 15 is 0 Å². The Morgan fingerprint density at radius 3 is 1.16 bits per heavy atom. The van der Waals surface area contributed by atoms with Crippen LogP contribution < -0.4 is 85.9 Å². The number of hydrogen-bond donors (Lipinski definition) is 5. The predicted molar refractivity (Wildman–Crippen MR) is 204 cm³/mol. The number of hydrazone groups is 2. The Hall–Kier alpha value is -4.80. The fraction of sp³-hybridized carbons (Fsp3) is 0.0556. The molecule has 0 radical (unpaired) electrons. The van der Waals surface area contributed by atoms with Crippen LogP contribution in [-0.2, 0) is 29.8 Å². The van der Waals surface area contributed by atoms with Crippen molar-refractivity contribution in [2.45, 2.75) is 13.8 Å². The van der Waals surface area contributed by atoms with E-state index in [9.17, 15) is 45.1 Å². The summed E-state index contributed by atoms with van der Waals surface area (Å²) in [6.07, 6.45) is 2.02. The first-order valence-electron chi connectivity index (χ1n) is 15.9. The van der Waals surface area contributed by atoms with Crippen LogP contribution in [0.25, 0.3) is 12.2 Å². The zero-order chi connectivity index (χ0) is 39.7. The number of anilines is 6. The first kappa shape index (κ1) is 44.9. The Morgan fingerprint density at radius 1 is 0.526 bits per heavy atom. The number of allylic oxidation sites excluding steroid dienone is 2. The van der Waals surface area contributed by atoms with E-state index in [4.69, 9.17) is 0 Å². The molecule has 17 nitrogen and oxygen atoms in total. The van der Waals surface area contributed by atoms with Gasteiger partial charge in [-0.2, -0.15) is 10.2 Å². The number of amides is 2. The summed E-state index contributed by atoms with van der Waals surface area (Å²) < 4.78 is 73.6. The number of carbonyl (C=O) groups excluding carboxylic acids is 4. The summed E-state index contributed by atoms with van der Waals surface area (Å²) in [5, 5.41) is 16.0. The topological polar surface area (TPSA) is 268 Å². The van der Waals surface area contributed by atoms with Crippen LogP contribution in [-0.4, -0.2) is 60.7 Å². The van der Waals surface area contributed by atoms with Crippen molar-refractivity contribution in [3.05, 3.63) is 117 Å². The van der Waals surface area contributed by atoms with Crippen molar-refractivity contribution >= 4 is 101 Å². The standard InChI is InChI=1S/C36H29N7O10S2.2Na/c1-19(44)37-23-3-7-25(8-4-23)40-42-33-31(54(48,49)50)17-21-15-27(11-13-29(21)35(33)46)39-28-12-14-30-22(16-28)18-32(55(51,52)53)34(36(30)47)43-41-26-9-5-24(6-10-26)38-20(2)45;;/h3-18,39-41H,1-2H3,(H,37,44)(H,38,45)(H,48,49,50)(H,51,52,53);;/q;2*+1/p-2. The molecular formula is C36H27N7Na2O10S2. The average molecular weight is 828 g/mol. The minimum Gasteiger partial charge on any atom is -0.744 e. The fourth-order valence-corrected chi connectivity index (χ4v) is 6.79. The van der Waals surface area contributed by atoms with E-state index in [-0.39, 0.29) is 93.2 Å². The largest absolute Gasteiger partial charge is 1.00 e. The van der Waals surface area contributed by atoms with Crippen molar-refractivity contribution < 1.29 is 104 Å². The van der Waals surface area contributed by atoms with Crippen molar-refractivity contribution in [2.75, 3.05) is 26.8 Å². The van der Waals surface area contributed by atoms with Gasteiger partial charge in [-0.1, -0.05) is 0 Å². The monoisotopic (exact) mass is 827 g/mol. The van der Waals surface area contributed by atoms with E-state index < -0.39 is 53.0 Å². The van der Waals surface area contributed by atoms with Crippen LogP contribution in [0.4, 0.5) is 34.1 Å². The number of rotatable bonds is 10. The number of fused-ring (bicyclic) bond motifs is 2. The third-order valence-corrected chi connectivity index (χ3v) is 9.59. The van der Waals surface area contributed by atoms with Crippen LogP contribution in [0, 0.1) is 0 Å². The van der Waals surface area contributed by atoms with E-state index in [0.717, 1.165) is 12.2 Å². The van der Waals surface area contributed by atoms with Crippen LogP contribution in [0.15, 0.2) is 105 Å². The molecule has 2 aliphatic carbocycles. The molecule has 4 aromatic carbocycles. The van der Waals surface area contributed by atoms with Gasteiger partial charge in [-0.05, 0) is 108 Å². The summed E-state index contributed by atoms with van der Waals surface area (Å²) in [6, 6.07) is 20.8. The summed E-state index contributed by atoms with van der Waals surface area (Å²) in [5.41, 5.74) is 6.31. The molecule has 0 bridgehead atoms. The quantitative estimate of drug-likeness (QED) is 0.0690. The maximum Gasteiger partial charge on any atom is 1.00 e. The molecule has 2 amide bonds. The second-order valence-corrected chi connectivity index (χ2v) is 14.7. The van der Waals surface area contributed by atoms with Crippen LogP contribution in [0.2, 0.25) is 0 Å². The van der Waals surface area contributed by atoms with Crippen molar-refractivity contribution in [1.82, 2.24) is 0 Å². The maximum atomic E-state index is 13.4. The van der Waals surface area contributed by atoms with Crippen LogP contribution in [0.1, 0.15) is 45.7 Å². The number of nitrogens with one attached hydrogen (secondary N) is 5. The van der Waals surface area contributed by atoms with Crippen molar-refractivity contribution in [3.63, 3.8) is 0 Å². The van der Waals surface area contributed by atoms with Gasteiger partial charge in [-0.25, -0.2) is 16.8 Å². The molecule has 0 spiro atoms. The minimum absolute atomic E-state index is 0. The summed E-state index contributed by atoms with van der Waals surface area (Å²) in [6.45, 7) is 2.68. The molecule has 0 fully saturated rings. The van der Waals surface area contributed by atoms with E-state index in [1.807, 2.05) is 0 Å². The van der Waals surface area contributed by atoms with Crippen molar-refractivity contribution in [1.29, 1.82) is 0 Å². The first-order chi connectivity index (χ1) is 26.0. The SMILES string of the molecule is CC(=O)Nc1ccc(NN=C2C(=O)c3ccc(Nc4ccc5c(c4)C=C(S(=O)(=O)[O-])C(=NNc4ccc(NC(C)=O)cc4)C5=O)cc3C=C2S(=O)(=O)[O-])cc1.[Na+].[Na+]. The Morgan fingerprint density at radius 2 is 0.842 bits per heavy atom. The average Bonchev–Trinajstić information content (AvgIpc) is 3.10. The predicted octanol–water partition coefficient (Wildman–Crippen LogP) is -1.54. The Kier molecular flexibility index (Phi) is 14.3. The minimum atomic E-state index is -5.20. The molecule has 0 saturated carbocycles. The molecule has 0 unspecified atom stereocenters. The molecule has 6 rings (SSSR count). The Labute approximate surface area is 370 Å². The van der Waals surface area contributed by atoms with Gasteiger partial charge in [-0.15, -0.1) is 0 Å². The van der Waals surface area contributed by atoms with Gasteiger partial charge >= 0.3 is 59.1 Å². The summed E-state index contributed by atoms with van der Waals surface area (Å²) >= 11 is 0. The number of Topliss-reactive ketones (excluding diaryl/α,β-unsaturated/α-hetero) is 2. The van der Waals surface area contributed by atoms with Gasteiger partial charge in [0.05, 0.1) is 21.2 Å². The first-order valence-corrected chi connectivity index (χ1v) is 18.7. The molecule has 5 N–H and O–H groups in total. The molecule has 2 aliphatic rings. The molecule has 0 heterocycles. The number of carbonyl (C=O) groups is 4. The molecule has 0 aromatic heterocycles. The van der Waals surface area contributed by atoms with Crippen LogP contribution >= 0.6 is 0 Å². The Balaban J connectivity index is 0.00000360. The number of nitrogens with zero attached hydrogens (tertiary/aromatic N) is 2. The third-order valence-electron chi connectivity index (χ3n) is 7.89. The number of benzene rings is 4. The molecule has 0 aliphatic heterocycles. The normalized spacial score (nSPS) is 14.8. The molecular weight excluding hydrogens is 801 g/mol. The molecule has 21 heteroatoms.